The molecule has 4 unspecified atom stereocenters. The first-order valence-corrected chi connectivity index (χ1v) is 12.1. The normalized spacial score (nSPS) is 24.1. The fraction of sp³-hybridized carbons (Fsp3) is 0.267. The first-order valence-electron chi connectivity index (χ1n) is 12.1. The van der Waals surface area contributed by atoms with Crippen molar-refractivity contribution in [2.24, 2.45) is 17.8 Å². The van der Waals surface area contributed by atoms with Gasteiger partial charge in [-0.25, -0.2) is 4.39 Å². The number of benzene rings is 1. The zero-order valence-corrected chi connectivity index (χ0v) is 20.9. The number of hydrogen-bond donors (Lipinski definition) is 2. The topological polar surface area (TPSA) is 75.2 Å². The number of hydrogen-bond acceptors (Lipinski definition) is 3. The quantitative estimate of drug-likeness (QED) is 0.430. The summed E-state index contributed by atoms with van der Waals surface area (Å²) in [4.78, 5) is 18.9. The van der Waals surface area contributed by atoms with Gasteiger partial charge in [-0.15, -0.1) is 0 Å². The first-order chi connectivity index (χ1) is 17.2. The maximum absolute atomic E-state index is 13.1. The SMILES string of the molecule is CC1=CC(C)C(c2ccc(/C(C)=C/c3[nH]c(OC4=CC(C(=O)O)C(C)C=C4)nc3/C=C/F)cc2)C=C1. The highest BCUT2D eigenvalue weighted by atomic mass is 19.1. The van der Waals surface area contributed by atoms with Crippen molar-refractivity contribution >= 4 is 23.7 Å². The van der Waals surface area contributed by atoms with Crippen LogP contribution in [0.25, 0.3) is 17.7 Å². The Morgan fingerprint density at radius 1 is 1.11 bits per heavy atom. The third kappa shape index (κ3) is 5.65. The number of halogens is 1. The lowest BCUT2D eigenvalue weighted by molar-refractivity contribution is -0.141. The van der Waals surface area contributed by atoms with Crippen LogP contribution < -0.4 is 4.74 Å². The number of aliphatic carboxylic acids is 1. The van der Waals surface area contributed by atoms with Crippen LogP contribution in [0, 0.1) is 17.8 Å². The van der Waals surface area contributed by atoms with Crippen molar-refractivity contribution in [2.75, 3.05) is 0 Å². The summed E-state index contributed by atoms with van der Waals surface area (Å²) >= 11 is 0. The predicted molar refractivity (Wildman–Crippen MR) is 142 cm³/mol. The summed E-state index contributed by atoms with van der Waals surface area (Å²) in [6.07, 6.45) is 15.4. The summed E-state index contributed by atoms with van der Waals surface area (Å²) in [6, 6.07) is 8.65. The van der Waals surface area contributed by atoms with Crippen LogP contribution in [0.4, 0.5) is 4.39 Å². The molecule has 0 aliphatic heterocycles. The highest BCUT2D eigenvalue weighted by Gasteiger charge is 2.25. The van der Waals surface area contributed by atoms with E-state index in [0.717, 1.165) is 11.1 Å². The summed E-state index contributed by atoms with van der Waals surface area (Å²) in [5.41, 5.74) is 5.55. The highest BCUT2D eigenvalue weighted by Crippen LogP contribution is 2.33. The highest BCUT2D eigenvalue weighted by molar-refractivity contribution is 5.81. The van der Waals surface area contributed by atoms with E-state index < -0.39 is 11.9 Å². The number of carboxylic acid groups (broad SMARTS) is 1. The number of carbonyl (C=O) groups is 1. The van der Waals surface area contributed by atoms with Crippen LogP contribution >= 0.6 is 0 Å². The Balaban J connectivity index is 1.55. The van der Waals surface area contributed by atoms with E-state index in [1.165, 1.54) is 17.2 Å². The number of H-pyrrole nitrogens is 1. The summed E-state index contributed by atoms with van der Waals surface area (Å²) < 4.78 is 18.8. The molecule has 0 spiro atoms. The van der Waals surface area contributed by atoms with Gasteiger partial charge in [-0.05, 0) is 66.7 Å². The van der Waals surface area contributed by atoms with Gasteiger partial charge in [0.25, 0.3) is 6.01 Å². The molecule has 0 fully saturated rings. The molecule has 1 heterocycles. The maximum Gasteiger partial charge on any atom is 0.311 e. The molecule has 0 amide bonds. The third-order valence-corrected chi connectivity index (χ3v) is 6.70. The monoisotopic (exact) mass is 486 g/mol. The molecule has 2 aromatic rings. The summed E-state index contributed by atoms with van der Waals surface area (Å²) in [5, 5.41) is 9.41. The van der Waals surface area contributed by atoms with Crippen LogP contribution in [0.5, 0.6) is 6.01 Å². The van der Waals surface area contributed by atoms with E-state index in [1.54, 1.807) is 18.2 Å². The minimum atomic E-state index is -0.917. The molecule has 36 heavy (non-hydrogen) atoms. The molecule has 0 saturated carbocycles. The molecule has 4 rings (SSSR count). The Morgan fingerprint density at radius 3 is 2.53 bits per heavy atom. The molecule has 0 bridgehead atoms. The number of ether oxygens (including phenoxy) is 1. The molecule has 186 valence electrons. The molecular formula is C30H31FN2O3. The van der Waals surface area contributed by atoms with Gasteiger partial charge in [0, 0.05) is 5.92 Å². The molecule has 0 saturated heterocycles. The van der Waals surface area contributed by atoms with Gasteiger partial charge in [0.1, 0.15) is 5.76 Å². The summed E-state index contributed by atoms with van der Waals surface area (Å²) in [6.45, 7) is 8.17. The van der Waals surface area contributed by atoms with E-state index in [2.05, 4.69) is 66.3 Å². The Bertz CT molecular complexity index is 1310. The molecule has 2 aliphatic carbocycles. The van der Waals surface area contributed by atoms with E-state index in [4.69, 9.17) is 4.74 Å². The van der Waals surface area contributed by atoms with E-state index in [1.807, 2.05) is 19.9 Å². The van der Waals surface area contributed by atoms with Crippen LogP contribution in [-0.2, 0) is 4.79 Å². The molecule has 5 nitrogen and oxygen atoms in total. The van der Waals surface area contributed by atoms with Gasteiger partial charge in [-0.2, -0.15) is 4.98 Å². The Morgan fingerprint density at radius 2 is 1.86 bits per heavy atom. The van der Waals surface area contributed by atoms with Gasteiger partial charge in [-0.3, -0.25) is 4.79 Å². The predicted octanol–water partition coefficient (Wildman–Crippen LogP) is 7.32. The van der Waals surface area contributed by atoms with E-state index in [0.29, 0.717) is 35.3 Å². The lowest BCUT2D eigenvalue weighted by Gasteiger charge is -2.22. The van der Waals surface area contributed by atoms with Gasteiger partial charge >= 0.3 is 5.97 Å². The Kier molecular flexibility index (Phi) is 7.53. The number of imidazole rings is 1. The van der Waals surface area contributed by atoms with Gasteiger partial charge < -0.3 is 14.8 Å². The lowest BCUT2D eigenvalue weighted by Crippen LogP contribution is -2.21. The van der Waals surface area contributed by atoms with Crippen molar-refractivity contribution in [3.8, 4) is 6.01 Å². The number of nitrogens with zero attached hydrogens (tertiary/aromatic N) is 1. The number of carboxylic acids is 1. The number of allylic oxidation sites excluding steroid dienone is 7. The average Bonchev–Trinajstić information content (AvgIpc) is 3.21. The summed E-state index contributed by atoms with van der Waals surface area (Å²) in [7, 11) is 0. The Hall–Kier alpha value is -3.93. The third-order valence-electron chi connectivity index (χ3n) is 6.70. The molecule has 4 atom stereocenters. The number of nitrogens with one attached hydrogen (secondary N) is 1. The van der Waals surface area contributed by atoms with Gasteiger partial charge in [-0.1, -0.05) is 68.0 Å². The molecule has 1 aromatic carbocycles. The molecule has 6 heteroatoms. The van der Waals surface area contributed by atoms with Crippen molar-refractivity contribution in [3.63, 3.8) is 0 Å². The summed E-state index contributed by atoms with van der Waals surface area (Å²) in [5.74, 6) is -0.557. The van der Waals surface area contributed by atoms with Gasteiger partial charge in [0.15, 0.2) is 0 Å². The van der Waals surface area contributed by atoms with Gasteiger partial charge in [0.2, 0.25) is 0 Å². The van der Waals surface area contributed by atoms with E-state index in [9.17, 15) is 14.3 Å². The van der Waals surface area contributed by atoms with Crippen LogP contribution in [0.3, 0.4) is 0 Å². The van der Waals surface area contributed by atoms with E-state index >= 15 is 0 Å². The maximum atomic E-state index is 13.1. The zero-order valence-electron chi connectivity index (χ0n) is 20.9. The van der Waals surface area contributed by atoms with E-state index in [-0.39, 0.29) is 11.9 Å². The number of rotatable bonds is 7. The molecular weight excluding hydrogens is 455 g/mol. The second-order valence-corrected chi connectivity index (χ2v) is 9.49. The molecule has 0 radical (unpaired) electrons. The zero-order chi connectivity index (χ0) is 25.8. The van der Waals surface area contributed by atoms with Crippen LogP contribution in [0.1, 0.15) is 56.1 Å². The smallest absolute Gasteiger partial charge is 0.311 e. The van der Waals surface area contributed by atoms with Crippen molar-refractivity contribution < 1.29 is 19.0 Å². The minimum absolute atomic E-state index is 0.137. The van der Waals surface area contributed by atoms with Gasteiger partial charge in [0.05, 0.1) is 23.6 Å². The molecule has 1 aromatic heterocycles. The Labute approximate surface area is 211 Å². The van der Waals surface area contributed by atoms with Crippen LogP contribution in [0.2, 0.25) is 0 Å². The van der Waals surface area contributed by atoms with Crippen molar-refractivity contribution in [1.29, 1.82) is 0 Å². The average molecular weight is 487 g/mol. The number of aromatic amines is 1. The molecule has 2 N–H and O–H groups in total. The fourth-order valence-electron chi connectivity index (χ4n) is 4.64. The van der Waals surface area contributed by atoms with Crippen molar-refractivity contribution in [3.05, 3.63) is 101 Å². The second-order valence-electron chi connectivity index (χ2n) is 9.49. The number of aromatic nitrogens is 2. The van der Waals surface area contributed by atoms with Crippen LogP contribution in [0.15, 0.2) is 78.4 Å². The minimum Gasteiger partial charge on any atom is -0.481 e. The largest absolute Gasteiger partial charge is 0.481 e. The fourth-order valence-corrected chi connectivity index (χ4v) is 4.64. The molecule has 2 aliphatic rings. The van der Waals surface area contributed by atoms with Crippen molar-refractivity contribution in [1.82, 2.24) is 9.97 Å². The van der Waals surface area contributed by atoms with Crippen LogP contribution in [-0.4, -0.2) is 21.0 Å². The standard InChI is InChI=1S/C30H31FN2O3/c1-18-5-12-25(21(4)15-18)23-9-7-22(8-10-23)20(3)16-28-27(13-14-31)32-30(33-28)36-24-11-6-19(2)26(17-24)29(34)35/h5-17,19,21,25-26H,1-4H3,(H,32,33)(H,34,35)/b14-13+,20-16+. The lowest BCUT2D eigenvalue weighted by atomic mass is 9.82. The second kappa shape index (κ2) is 10.8. The van der Waals surface area contributed by atoms with Crippen molar-refractivity contribution in [2.45, 2.75) is 33.6 Å². The first kappa shape index (κ1) is 25.2.